The summed E-state index contributed by atoms with van der Waals surface area (Å²) in [6, 6.07) is 5.15. The molecule has 35 heavy (non-hydrogen) atoms. The second-order valence-electron chi connectivity index (χ2n) is 7.01. The largest absolute Gasteiger partial charge is 0.494 e. The third kappa shape index (κ3) is 4.98. The SMILES string of the molecule is COc1cc2c(cn1)-c1cnc(OC(F)F)c(c1)NS(=O)(=O)c1cc(cc(Br)c1OC)C(=O)OC2. The van der Waals surface area contributed by atoms with Crippen molar-refractivity contribution in [3.63, 3.8) is 0 Å². The fraction of sp³-hybridized carbons (Fsp3) is 0.190. The number of hydrogen-bond donors (Lipinski definition) is 1. The van der Waals surface area contributed by atoms with Gasteiger partial charge >= 0.3 is 12.6 Å². The van der Waals surface area contributed by atoms with Gasteiger partial charge in [-0.2, -0.15) is 8.78 Å². The fourth-order valence-corrected chi connectivity index (χ4v) is 5.35. The summed E-state index contributed by atoms with van der Waals surface area (Å²) >= 11 is 3.19. The summed E-state index contributed by atoms with van der Waals surface area (Å²) in [5.41, 5.74) is 0.633. The molecule has 0 saturated carbocycles. The van der Waals surface area contributed by atoms with Gasteiger partial charge in [0.2, 0.25) is 11.8 Å². The molecule has 0 radical (unpaired) electrons. The number of rotatable bonds is 4. The highest BCUT2D eigenvalue weighted by Gasteiger charge is 2.28. The molecule has 0 spiro atoms. The number of halogens is 3. The van der Waals surface area contributed by atoms with Gasteiger partial charge in [-0.05, 0) is 34.1 Å². The van der Waals surface area contributed by atoms with E-state index in [1.165, 1.54) is 44.8 Å². The van der Waals surface area contributed by atoms with Crippen molar-refractivity contribution >= 4 is 37.6 Å². The average molecular weight is 572 g/mol. The molecule has 3 aromatic rings. The van der Waals surface area contributed by atoms with Crippen LogP contribution in [-0.4, -0.2) is 45.2 Å². The van der Waals surface area contributed by atoms with Crippen molar-refractivity contribution in [1.82, 2.24) is 9.97 Å². The lowest BCUT2D eigenvalue weighted by Gasteiger charge is -2.16. The number of cyclic esters (lactones) is 1. The Labute approximate surface area is 206 Å². The highest BCUT2D eigenvalue weighted by molar-refractivity contribution is 9.10. The normalized spacial score (nSPS) is 14.4. The van der Waals surface area contributed by atoms with E-state index >= 15 is 0 Å². The van der Waals surface area contributed by atoms with Crippen LogP contribution in [-0.2, 0) is 21.4 Å². The molecule has 0 fully saturated rings. The molecule has 2 aromatic heterocycles. The van der Waals surface area contributed by atoms with Crippen LogP contribution in [0.15, 0.2) is 46.0 Å². The maximum absolute atomic E-state index is 13.3. The van der Waals surface area contributed by atoms with Gasteiger partial charge < -0.3 is 18.9 Å². The lowest BCUT2D eigenvalue weighted by Crippen LogP contribution is -2.17. The lowest BCUT2D eigenvalue weighted by molar-refractivity contribution is -0.0522. The Hall–Kier alpha value is -3.52. The minimum absolute atomic E-state index is 0.103. The second kappa shape index (κ2) is 9.62. The van der Waals surface area contributed by atoms with Gasteiger partial charge in [-0.1, -0.05) is 0 Å². The van der Waals surface area contributed by atoms with Crippen LogP contribution in [0.2, 0.25) is 0 Å². The molecule has 3 heterocycles. The van der Waals surface area contributed by atoms with Gasteiger partial charge in [0.1, 0.15) is 17.2 Å². The fourth-order valence-electron chi connectivity index (χ4n) is 3.33. The Morgan fingerprint density at radius 3 is 2.54 bits per heavy atom. The van der Waals surface area contributed by atoms with E-state index in [1.807, 2.05) is 0 Å². The number of alkyl halides is 2. The number of methoxy groups -OCH3 is 2. The number of carbonyl (C=O) groups excluding carboxylic acids is 1. The van der Waals surface area contributed by atoms with E-state index in [2.05, 4.69) is 35.4 Å². The Balaban J connectivity index is 1.99. The summed E-state index contributed by atoms with van der Waals surface area (Å²) in [6.07, 6.45) is 2.59. The van der Waals surface area contributed by atoms with Crippen LogP contribution in [0.1, 0.15) is 15.9 Å². The number of hydrogen-bond acceptors (Lipinski definition) is 9. The zero-order valence-electron chi connectivity index (χ0n) is 18.0. The first-order valence-corrected chi connectivity index (χ1v) is 12.0. The predicted octanol–water partition coefficient (Wildman–Crippen LogP) is 4.00. The van der Waals surface area contributed by atoms with Crippen LogP contribution in [0.25, 0.3) is 11.1 Å². The van der Waals surface area contributed by atoms with Crippen LogP contribution < -0.4 is 18.9 Å². The number of benzene rings is 1. The van der Waals surface area contributed by atoms with Crippen molar-refractivity contribution in [1.29, 1.82) is 0 Å². The van der Waals surface area contributed by atoms with Crippen molar-refractivity contribution in [2.45, 2.75) is 18.1 Å². The molecule has 10 nitrogen and oxygen atoms in total. The number of nitrogens with zero attached hydrogens (tertiary/aromatic N) is 2. The van der Waals surface area contributed by atoms with Gasteiger partial charge in [-0.15, -0.1) is 0 Å². The van der Waals surface area contributed by atoms with E-state index in [9.17, 15) is 22.0 Å². The minimum Gasteiger partial charge on any atom is -0.494 e. The van der Waals surface area contributed by atoms with E-state index in [1.54, 1.807) is 0 Å². The summed E-state index contributed by atoms with van der Waals surface area (Å²) in [4.78, 5) is 20.3. The van der Waals surface area contributed by atoms with E-state index in [4.69, 9.17) is 14.2 Å². The molecule has 0 aliphatic carbocycles. The molecular weight excluding hydrogens is 556 g/mol. The third-order valence-electron chi connectivity index (χ3n) is 4.88. The number of aromatic nitrogens is 2. The zero-order chi connectivity index (χ0) is 25.3. The summed E-state index contributed by atoms with van der Waals surface area (Å²) in [5.74, 6) is -1.38. The van der Waals surface area contributed by atoms with Gasteiger partial charge in [0.05, 0.1) is 24.3 Å². The molecule has 1 aliphatic heterocycles. The van der Waals surface area contributed by atoms with Crippen molar-refractivity contribution < 1.29 is 40.9 Å². The van der Waals surface area contributed by atoms with Crippen LogP contribution in [0.5, 0.6) is 17.5 Å². The smallest absolute Gasteiger partial charge is 0.388 e. The number of anilines is 1. The first-order valence-electron chi connectivity index (χ1n) is 9.68. The number of nitrogens with one attached hydrogen (secondary N) is 1. The lowest BCUT2D eigenvalue weighted by atomic mass is 10.0. The molecule has 1 N–H and O–H groups in total. The van der Waals surface area contributed by atoms with Gasteiger partial charge in [-0.25, -0.2) is 23.2 Å². The minimum atomic E-state index is -4.51. The number of sulfonamides is 1. The van der Waals surface area contributed by atoms with E-state index in [0.717, 1.165) is 6.07 Å². The summed E-state index contributed by atoms with van der Waals surface area (Å²) in [5, 5.41) is 0. The van der Waals surface area contributed by atoms with Crippen molar-refractivity contribution in [3.05, 3.63) is 52.3 Å². The Kier molecular flexibility index (Phi) is 6.76. The van der Waals surface area contributed by atoms with Crippen molar-refractivity contribution in [2.75, 3.05) is 18.9 Å². The van der Waals surface area contributed by atoms with Crippen LogP contribution in [0.4, 0.5) is 14.5 Å². The van der Waals surface area contributed by atoms with Crippen LogP contribution in [0, 0.1) is 0 Å². The van der Waals surface area contributed by atoms with Crippen molar-refractivity contribution in [2.24, 2.45) is 0 Å². The second-order valence-corrected chi connectivity index (χ2v) is 9.52. The van der Waals surface area contributed by atoms with Gasteiger partial charge in [0.15, 0.2) is 5.75 Å². The molecule has 14 heteroatoms. The van der Waals surface area contributed by atoms with Gasteiger partial charge in [-0.3, -0.25) is 4.72 Å². The summed E-state index contributed by atoms with van der Waals surface area (Å²) in [7, 11) is -1.87. The van der Waals surface area contributed by atoms with Crippen LogP contribution in [0.3, 0.4) is 0 Å². The zero-order valence-corrected chi connectivity index (χ0v) is 20.4. The molecule has 0 saturated heterocycles. The number of pyridine rings is 2. The number of esters is 1. The number of fused-ring (bicyclic) bond motifs is 6. The van der Waals surface area contributed by atoms with Crippen LogP contribution >= 0.6 is 15.9 Å². The topological polar surface area (TPSA) is 126 Å². The molecule has 184 valence electrons. The monoisotopic (exact) mass is 571 g/mol. The Morgan fingerprint density at radius 2 is 1.86 bits per heavy atom. The first kappa shape index (κ1) is 24.6. The maximum Gasteiger partial charge on any atom is 0.388 e. The number of carbonyl (C=O) groups is 1. The molecule has 0 atom stereocenters. The third-order valence-corrected chi connectivity index (χ3v) is 6.84. The Morgan fingerprint density at radius 1 is 1.09 bits per heavy atom. The molecule has 4 rings (SSSR count). The molecule has 1 aromatic carbocycles. The molecule has 0 amide bonds. The average Bonchev–Trinajstić information content (AvgIpc) is 2.82. The summed E-state index contributed by atoms with van der Waals surface area (Å²) < 4.78 is 75.2. The Bertz CT molecular complexity index is 1420. The van der Waals surface area contributed by atoms with E-state index in [0.29, 0.717) is 11.1 Å². The standard InChI is InChI=1S/C21H16BrF2N3O7S/c1-31-17-6-12-9-33-20(28)10-3-14(22)18(32-2)16(5-10)35(29,30)27-15-4-11(13(12)8-25-17)7-26-19(15)34-21(23)24/h3-8,21,27H,9H2,1-2H3. The summed E-state index contributed by atoms with van der Waals surface area (Å²) in [6.45, 7) is -3.51. The molecule has 0 unspecified atom stereocenters. The molecular formula is C21H16BrF2N3O7S. The quantitative estimate of drug-likeness (QED) is 0.462. The predicted molar refractivity (Wildman–Crippen MR) is 121 cm³/mol. The molecule has 4 bridgehead atoms. The van der Waals surface area contributed by atoms with Crippen molar-refractivity contribution in [3.8, 4) is 28.6 Å². The number of ether oxygens (including phenoxy) is 4. The van der Waals surface area contributed by atoms with Gasteiger partial charge in [0, 0.05) is 35.2 Å². The maximum atomic E-state index is 13.3. The highest BCUT2D eigenvalue weighted by atomic mass is 79.9. The first-order chi connectivity index (χ1) is 16.6. The highest BCUT2D eigenvalue weighted by Crippen LogP contribution is 2.38. The molecule has 1 aliphatic rings. The van der Waals surface area contributed by atoms with E-state index < -0.39 is 33.4 Å². The van der Waals surface area contributed by atoms with E-state index in [-0.39, 0.29) is 39.5 Å². The van der Waals surface area contributed by atoms with Gasteiger partial charge in [0.25, 0.3) is 10.0 Å².